The first-order valence-corrected chi connectivity index (χ1v) is 9.54. The van der Waals surface area contributed by atoms with Crippen molar-refractivity contribution in [3.05, 3.63) is 23.3 Å². The van der Waals surface area contributed by atoms with Crippen molar-refractivity contribution in [3.8, 4) is 5.75 Å². The average Bonchev–Trinajstić information content (AvgIpc) is 2.52. The molecule has 1 unspecified atom stereocenters. The highest BCUT2D eigenvalue weighted by Gasteiger charge is 2.20. The molecule has 24 heavy (non-hydrogen) atoms. The molecule has 0 aromatic heterocycles. The molecule has 0 radical (unpaired) electrons. The first-order valence-electron chi connectivity index (χ1n) is 8.06. The Labute approximate surface area is 145 Å². The van der Waals surface area contributed by atoms with Gasteiger partial charge in [0.15, 0.2) is 0 Å². The number of nitrogens with zero attached hydrogens (tertiary/aromatic N) is 1. The number of sulfonamides is 1. The summed E-state index contributed by atoms with van der Waals surface area (Å²) in [6.45, 7) is 9.50. The molecule has 0 spiro atoms. The van der Waals surface area contributed by atoms with Crippen molar-refractivity contribution < 1.29 is 17.9 Å². The van der Waals surface area contributed by atoms with Crippen molar-refractivity contribution in [1.82, 2.24) is 9.62 Å². The van der Waals surface area contributed by atoms with E-state index in [1.54, 1.807) is 38.0 Å². The maximum atomic E-state index is 12.5. The van der Waals surface area contributed by atoms with Crippen molar-refractivity contribution in [2.45, 2.75) is 52.0 Å². The van der Waals surface area contributed by atoms with E-state index >= 15 is 0 Å². The van der Waals surface area contributed by atoms with Gasteiger partial charge in [0, 0.05) is 26.1 Å². The highest BCUT2D eigenvalue weighted by atomic mass is 32.2. The lowest BCUT2D eigenvalue weighted by molar-refractivity contribution is -0.130. The second-order valence-corrected chi connectivity index (χ2v) is 7.69. The van der Waals surface area contributed by atoms with Gasteiger partial charge in [0.1, 0.15) is 5.75 Å². The van der Waals surface area contributed by atoms with Crippen LogP contribution in [0.15, 0.2) is 17.0 Å². The van der Waals surface area contributed by atoms with Gasteiger partial charge in [-0.2, -0.15) is 0 Å². The Bertz CT molecular complexity index is 686. The summed E-state index contributed by atoms with van der Waals surface area (Å²) in [5.74, 6) is 0.603. The van der Waals surface area contributed by atoms with Gasteiger partial charge in [-0.25, -0.2) is 13.1 Å². The van der Waals surface area contributed by atoms with Gasteiger partial charge >= 0.3 is 0 Å². The van der Waals surface area contributed by atoms with E-state index in [4.69, 9.17) is 4.74 Å². The molecular formula is C17H28N2O4S. The average molecular weight is 356 g/mol. The number of methoxy groups -OCH3 is 1. The summed E-state index contributed by atoms with van der Waals surface area (Å²) in [6, 6.07) is 3.40. The van der Waals surface area contributed by atoms with Gasteiger partial charge in [0.25, 0.3) is 0 Å². The molecule has 0 heterocycles. The standard InChI is InChI=1S/C17H28N2O4S/c1-7-14(4)19(15(5)20)9-8-18-24(21,22)17-11-12(2)16(23-6)10-13(17)3/h10-11,14,18H,7-9H2,1-6H3. The van der Waals surface area contributed by atoms with E-state index in [1.165, 1.54) is 6.92 Å². The van der Waals surface area contributed by atoms with Gasteiger partial charge in [-0.1, -0.05) is 6.92 Å². The van der Waals surface area contributed by atoms with E-state index in [9.17, 15) is 13.2 Å². The topological polar surface area (TPSA) is 75.7 Å². The van der Waals surface area contributed by atoms with Crippen molar-refractivity contribution in [2.75, 3.05) is 20.2 Å². The van der Waals surface area contributed by atoms with Crippen molar-refractivity contribution >= 4 is 15.9 Å². The lowest BCUT2D eigenvalue weighted by Gasteiger charge is -2.27. The third kappa shape index (κ3) is 4.95. The Morgan fingerprint density at radius 2 is 1.92 bits per heavy atom. The van der Waals surface area contributed by atoms with Gasteiger partial charge in [0.05, 0.1) is 12.0 Å². The molecule has 0 fully saturated rings. The van der Waals surface area contributed by atoms with Gasteiger partial charge in [-0.15, -0.1) is 0 Å². The molecule has 0 aliphatic heterocycles. The Hall–Kier alpha value is -1.60. The van der Waals surface area contributed by atoms with Crippen LogP contribution in [0.3, 0.4) is 0 Å². The fourth-order valence-electron chi connectivity index (χ4n) is 2.56. The third-order valence-electron chi connectivity index (χ3n) is 4.15. The number of hydrogen-bond acceptors (Lipinski definition) is 4. The zero-order chi connectivity index (χ0) is 18.5. The van der Waals surface area contributed by atoms with Gasteiger partial charge in [-0.3, -0.25) is 4.79 Å². The van der Waals surface area contributed by atoms with Crippen LogP contribution in [0.4, 0.5) is 0 Å². The van der Waals surface area contributed by atoms with Gasteiger partial charge in [0.2, 0.25) is 15.9 Å². The Morgan fingerprint density at radius 1 is 1.29 bits per heavy atom. The van der Waals surface area contributed by atoms with Crippen LogP contribution >= 0.6 is 0 Å². The molecular weight excluding hydrogens is 328 g/mol. The van der Waals surface area contributed by atoms with Crippen molar-refractivity contribution in [3.63, 3.8) is 0 Å². The molecule has 0 bridgehead atoms. The molecule has 0 aliphatic carbocycles. The van der Waals surface area contributed by atoms with Crippen LogP contribution in [-0.4, -0.2) is 45.5 Å². The molecule has 1 amide bonds. The Morgan fingerprint density at radius 3 is 2.42 bits per heavy atom. The highest BCUT2D eigenvalue weighted by Crippen LogP contribution is 2.25. The molecule has 0 saturated carbocycles. The first-order chi connectivity index (χ1) is 11.1. The van der Waals surface area contributed by atoms with E-state index in [0.29, 0.717) is 17.9 Å². The number of hydrogen-bond donors (Lipinski definition) is 1. The predicted octanol–water partition coefficient (Wildman–Crippen LogP) is 2.24. The van der Waals surface area contributed by atoms with E-state index in [0.717, 1.165) is 12.0 Å². The van der Waals surface area contributed by atoms with Crippen LogP contribution in [0.25, 0.3) is 0 Å². The minimum Gasteiger partial charge on any atom is -0.496 e. The SMILES string of the molecule is CCC(C)N(CCNS(=O)(=O)c1cc(C)c(OC)cc1C)C(C)=O. The maximum Gasteiger partial charge on any atom is 0.240 e. The number of aryl methyl sites for hydroxylation is 2. The van der Waals surface area contributed by atoms with Crippen LogP contribution < -0.4 is 9.46 Å². The van der Waals surface area contributed by atoms with Crippen LogP contribution in [0.2, 0.25) is 0 Å². The molecule has 1 aromatic carbocycles. The largest absolute Gasteiger partial charge is 0.496 e. The van der Waals surface area contributed by atoms with Crippen LogP contribution in [-0.2, 0) is 14.8 Å². The van der Waals surface area contributed by atoms with E-state index in [2.05, 4.69) is 4.72 Å². The van der Waals surface area contributed by atoms with Crippen molar-refractivity contribution in [2.24, 2.45) is 0 Å². The molecule has 0 saturated heterocycles. The maximum absolute atomic E-state index is 12.5. The Kier molecular flexibility index (Phi) is 7.23. The van der Waals surface area contributed by atoms with Crippen LogP contribution in [0, 0.1) is 13.8 Å². The summed E-state index contributed by atoms with van der Waals surface area (Å²) in [5, 5.41) is 0. The van der Waals surface area contributed by atoms with E-state index < -0.39 is 10.0 Å². The lowest BCUT2D eigenvalue weighted by atomic mass is 10.1. The van der Waals surface area contributed by atoms with Gasteiger partial charge < -0.3 is 9.64 Å². The number of amides is 1. The quantitative estimate of drug-likeness (QED) is 0.775. The second-order valence-electron chi connectivity index (χ2n) is 5.95. The fourth-order valence-corrected chi connectivity index (χ4v) is 3.89. The predicted molar refractivity (Wildman–Crippen MR) is 94.8 cm³/mol. The molecule has 1 N–H and O–H groups in total. The summed E-state index contributed by atoms with van der Waals surface area (Å²) < 4.78 is 32.9. The second kappa shape index (κ2) is 8.48. The monoisotopic (exact) mass is 356 g/mol. The summed E-state index contributed by atoms with van der Waals surface area (Å²) in [6.07, 6.45) is 0.823. The normalized spacial score (nSPS) is 12.8. The van der Waals surface area contributed by atoms with Crippen molar-refractivity contribution in [1.29, 1.82) is 0 Å². The van der Waals surface area contributed by atoms with E-state index in [1.807, 2.05) is 13.8 Å². The first kappa shape index (κ1) is 20.4. The fraction of sp³-hybridized carbons (Fsp3) is 0.588. The molecule has 1 rings (SSSR count). The number of rotatable bonds is 8. The molecule has 0 aliphatic rings. The summed E-state index contributed by atoms with van der Waals surface area (Å²) >= 11 is 0. The zero-order valence-corrected chi connectivity index (χ0v) is 16.2. The Balaban J connectivity index is 2.88. The molecule has 7 heteroatoms. The number of carbonyl (C=O) groups is 1. The molecule has 1 atom stereocenters. The number of ether oxygens (including phenoxy) is 1. The third-order valence-corrected chi connectivity index (χ3v) is 5.76. The number of carbonyl (C=O) groups excluding carboxylic acids is 1. The number of benzene rings is 1. The van der Waals surface area contributed by atoms with Crippen LogP contribution in [0.5, 0.6) is 5.75 Å². The highest BCUT2D eigenvalue weighted by molar-refractivity contribution is 7.89. The van der Waals surface area contributed by atoms with Crippen LogP contribution in [0.1, 0.15) is 38.3 Å². The lowest BCUT2D eigenvalue weighted by Crippen LogP contribution is -2.42. The summed E-state index contributed by atoms with van der Waals surface area (Å²) in [5.41, 5.74) is 1.38. The summed E-state index contributed by atoms with van der Waals surface area (Å²) in [7, 11) is -2.08. The minimum absolute atomic E-state index is 0.0555. The smallest absolute Gasteiger partial charge is 0.240 e. The minimum atomic E-state index is -3.64. The molecule has 6 nitrogen and oxygen atoms in total. The molecule has 1 aromatic rings. The summed E-state index contributed by atoms with van der Waals surface area (Å²) in [4.78, 5) is 13.6. The van der Waals surface area contributed by atoms with Gasteiger partial charge in [-0.05, 0) is 50.5 Å². The van der Waals surface area contributed by atoms with E-state index in [-0.39, 0.29) is 23.4 Å². The zero-order valence-electron chi connectivity index (χ0n) is 15.3. The molecule has 136 valence electrons. The number of nitrogens with one attached hydrogen (secondary N) is 1.